The fourth-order valence-electron chi connectivity index (χ4n) is 2.72. The van der Waals surface area contributed by atoms with E-state index in [1.54, 1.807) is 11.8 Å². The zero-order valence-corrected chi connectivity index (χ0v) is 16.1. The molecule has 0 unspecified atom stereocenters. The van der Waals surface area contributed by atoms with Crippen LogP contribution in [0, 0.1) is 0 Å². The number of aliphatic imine (C=N–C) groups is 1. The quantitative estimate of drug-likeness (QED) is 0.467. The Morgan fingerprint density at radius 2 is 1.96 bits per heavy atom. The molecule has 27 heavy (non-hydrogen) atoms. The van der Waals surface area contributed by atoms with Crippen LogP contribution in [0.1, 0.15) is 46.0 Å². The maximum Gasteiger partial charge on any atom is 0.419 e. The first-order valence-corrected chi connectivity index (χ1v) is 9.06. The largest absolute Gasteiger partial charge is 0.419 e. The molecule has 152 valence electrons. The minimum Gasteiger partial charge on any atom is -0.388 e. The third kappa shape index (κ3) is 8.79. The second-order valence-electron chi connectivity index (χ2n) is 6.62. The third-order valence-electron chi connectivity index (χ3n) is 4.08. The minimum absolute atomic E-state index is 0.0171. The number of amides is 1. The van der Waals surface area contributed by atoms with Crippen LogP contribution in [0.5, 0.6) is 0 Å². The van der Waals surface area contributed by atoms with Crippen LogP contribution in [0.3, 0.4) is 0 Å². The number of carbonyl (C=O) groups excluding carboxylic acids is 1. The molecule has 0 radical (unpaired) electrons. The zero-order chi connectivity index (χ0) is 20.4. The van der Waals surface area contributed by atoms with E-state index in [0.717, 1.165) is 32.0 Å². The van der Waals surface area contributed by atoms with Gasteiger partial charge in [0.25, 0.3) is 0 Å². The SMILES string of the molecule is C=C(C)NC(=C)/N=C\C(=C(/C)NCCCN1CCCCCC1=O)C(F)(F)F. The Hall–Kier alpha value is -2.25. The molecule has 0 aliphatic carbocycles. The lowest BCUT2D eigenvalue weighted by Gasteiger charge is -2.21. The van der Waals surface area contributed by atoms with Crippen LogP contribution < -0.4 is 10.6 Å². The molecule has 0 spiro atoms. The molecule has 0 aromatic heterocycles. The Morgan fingerprint density at radius 1 is 1.26 bits per heavy atom. The van der Waals surface area contributed by atoms with Crippen molar-refractivity contribution in [1.82, 2.24) is 15.5 Å². The van der Waals surface area contributed by atoms with Crippen molar-refractivity contribution in [2.24, 2.45) is 4.99 Å². The van der Waals surface area contributed by atoms with Crippen molar-refractivity contribution >= 4 is 12.1 Å². The van der Waals surface area contributed by atoms with E-state index in [9.17, 15) is 18.0 Å². The minimum atomic E-state index is -4.54. The zero-order valence-electron chi connectivity index (χ0n) is 16.1. The predicted octanol–water partition coefficient (Wildman–Crippen LogP) is 3.87. The van der Waals surface area contributed by atoms with E-state index in [1.165, 1.54) is 6.92 Å². The average Bonchev–Trinajstić information content (AvgIpc) is 2.74. The van der Waals surface area contributed by atoms with Gasteiger partial charge < -0.3 is 15.5 Å². The van der Waals surface area contributed by atoms with Crippen molar-refractivity contribution in [2.75, 3.05) is 19.6 Å². The van der Waals surface area contributed by atoms with Crippen molar-refractivity contribution < 1.29 is 18.0 Å². The maximum atomic E-state index is 13.3. The first-order chi connectivity index (χ1) is 12.6. The van der Waals surface area contributed by atoms with Gasteiger partial charge in [0.2, 0.25) is 5.91 Å². The van der Waals surface area contributed by atoms with Gasteiger partial charge >= 0.3 is 6.18 Å². The highest BCUT2D eigenvalue weighted by atomic mass is 19.4. The second kappa shape index (κ2) is 10.8. The summed E-state index contributed by atoms with van der Waals surface area (Å²) in [5.74, 6) is 0.211. The first-order valence-electron chi connectivity index (χ1n) is 9.06. The molecule has 0 atom stereocenters. The third-order valence-corrected chi connectivity index (χ3v) is 4.08. The number of allylic oxidation sites excluding steroid dienone is 3. The average molecular weight is 386 g/mol. The van der Waals surface area contributed by atoms with Gasteiger partial charge in [-0.3, -0.25) is 4.79 Å². The molecule has 1 aliphatic rings. The lowest BCUT2D eigenvalue weighted by atomic mass is 10.2. The van der Waals surface area contributed by atoms with Crippen LogP contribution in [-0.4, -0.2) is 42.8 Å². The van der Waals surface area contributed by atoms with Gasteiger partial charge in [-0.2, -0.15) is 13.2 Å². The molecule has 1 heterocycles. The van der Waals surface area contributed by atoms with E-state index in [-0.39, 0.29) is 17.4 Å². The molecule has 0 saturated carbocycles. The molecule has 1 aliphatic heterocycles. The summed E-state index contributed by atoms with van der Waals surface area (Å²) in [6, 6.07) is 0. The molecule has 1 rings (SSSR count). The highest BCUT2D eigenvalue weighted by molar-refractivity contribution is 5.82. The number of rotatable bonds is 9. The Kier molecular flexibility index (Phi) is 9.11. The fourth-order valence-corrected chi connectivity index (χ4v) is 2.72. The molecule has 2 N–H and O–H groups in total. The molecular weight excluding hydrogens is 357 g/mol. The van der Waals surface area contributed by atoms with Crippen molar-refractivity contribution in [3.05, 3.63) is 35.9 Å². The van der Waals surface area contributed by atoms with E-state index in [1.807, 2.05) is 0 Å². The number of likely N-dealkylation sites (tertiary alicyclic amines) is 1. The summed E-state index contributed by atoms with van der Waals surface area (Å²) >= 11 is 0. The van der Waals surface area contributed by atoms with E-state index in [2.05, 4.69) is 28.8 Å². The van der Waals surface area contributed by atoms with Crippen molar-refractivity contribution in [1.29, 1.82) is 0 Å². The number of carbonyl (C=O) groups is 1. The fraction of sp³-hybridized carbons (Fsp3) is 0.579. The number of hydrogen-bond donors (Lipinski definition) is 2. The number of nitrogens with zero attached hydrogens (tertiary/aromatic N) is 2. The van der Waals surface area contributed by atoms with Crippen LogP contribution >= 0.6 is 0 Å². The van der Waals surface area contributed by atoms with Crippen molar-refractivity contribution in [3.63, 3.8) is 0 Å². The van der Waals surface area contributed by atoms with Gasteiger partial charge in [-0.15, -0.1) is 0 Å². The van der Waals surface area contributed by atoms with E-state index in [4.69, 9.17) is 0 Å². The maximum absolute atomic E-state index is 13.3. The Morgan fingerprint density at radius 3 is 2.59 bits per heavy atom. The number of alkyl halides is 3. The van der Waals surface area contributed by atoms with Crippen LogP contribution in [0.15, 0.2) is 40.9 Å². The molecule has 1 saturated heterocycles. The van der Waals surface area contributed by atoms with Gasteiger partial charge in [0.15, 0.2) is 0 Å². The summed E-state index contributed by atoms with van der Waals surface area (Å²) < 4.78 is 39.8. The number of hydrogen-bond acceptors (Lipinski definition) is 4. The number of nitrogens with one attached hydrogen (secondary N) is 2. The molecule has 0 aromatic carbocycles. The standard InChI is InChI=1S/C19H29F3N4O/c1-14(2)25-16(4)24-13-17(19(20,21)22)15(3)23-10-8-12-26-11-7-5-6-9-18(26)27/h13,23,25H,1,4-12H2,2-3H3/b17-15-,24-13-. The second-order valence-corrected chi connectivity index (χ2v) is 6.62. The monoisotopic (exact) mass is 386 g/mol. The Balaban J connectivity index is 2.63. The molecule has 1 fully saturated rings. The van der Waals surface area contributed by atoms with Gasteiger partial charge in [-0.1, -0.05) is 19.6 Å². The van der Waals surface area contributed by atoms with E-state index >= 15 is 0 Å². The topological polar surface area (TPSA) is 56.7 Å². The summed E-state index contributed by atoms with van der Waals surface area (Å²) in [6.07, 6.45) is 0.286. The van der Waals surface area contributed by atoms with Crippen molar-refractivity contribution in [3.8, 4) is 0 Å². The highest BCUT2D eigenvalue weighted by Crippen LogP contribution is 2.26. The molecule has 0 bridgehead atoms. The molecule has 1 amide bonds. The molecular formula is C19H29F3N4O. The number of halogens is 3. The Bertz CT molecular complexity index is 609. The lowest BCUT2D eigenvalue weighted by molar-refractivity contribution is -0.130. The van der Waals surface area contributed by atoms with Crippen LogP contribution in [0.25, 0.3) is 0 Å². The molecule has 0 aromatic rings. The van der Waals surface area contributed by atoms with Gasteiger partial charge in [-0.05, 0) is 33.1 Å². The normalized spacial score (nSPS) is 16.8. The molecule has 8 heteroatoms. The Labute approximate surface area is 159 Å². The van der Waals surface area contributed by atoms with E-state index in [0.29, 0.717) is 31.6 Å². The highest BCUT2D eigenvalue weighted by Gasteiger charge is 2.34. The lowest BCUT2D eigenvalue weighted by Crippen LogP contribution is -2.33. The van der Waals surface area contributed by atoms with Crippen molar-refractivity contribution in [2.45, 2.75) is 52.1 Å². The van der Waals surface area contributed by atoms with Crippen LogP contribution in [0.4, 0.5) is 13.2 Å². The summed E-state index contributed by atoms with van der Waals surface area (Å²) in [5.41, 5.74) is -0.345. The van der Waals surface area contributed by atoms with E-state index < -0.39 is 11.7 Å². The van der Waals surface area contributed by atoms with Crippen LogP contribution in [0.2, 0.25) is 0 Å². The molecule has 5 nitrogen and oxygen atoms in total. The summed E-state index contributed by atoms with van der Waals surface area (Å²) in [4.78, 5) is 17.4. The van der Waals surface area contributed by atoms with Gasteiger partial charge in [0, 0.05) is 43.7 Å². The summed E-state index contributed by atoms with van der Waals surface area (Å²) in [7, 11) is 0. The summed E-state index contributed by atoms with van der Waals surface area (Å²) in [6.45, 7) is 11.8. The van der Waals surface area contributed by atoms with Gasteiger partial charge in [0.1, 0.15) is 5.82 Å². The smallest absolute Gasteiger partial charge is 0.388 e. The van der Waals surface area contributed by atoms with Gasteiger partial charge in [0.05, 0.1) is 5.57 Å². The summed E-state index contributed by atoms with van der Waals surface area (Å²) in [5, 5.41) is 5.44. The van der Waals surface area contributed by atoms with Gasteiger partial charge in [-0.25, -0.2) is 4.99 Å². The predicted molar refractivity (Wildman–Crippen MR) is 102 cm³/mol. The van der Waals surface area contributed by atoms with Crippen LogP contribution in [-0.2, 0) is 4.79 Å². The first kappa shape index (κ1) is 22.8.